The van der Waals surface area contributed by atoms with E-state index in [9.17, 15) is 18.4 Å². The summed E-state index contributed by atoms with van der Waals surface area (Å²) < 4.78 is 33.7. The maximum Gasteiger partial charge on any atom is 0.387 e. The van der Waals surface area contributed by atoms with Crippen molar-refractivity contribution in [3.8, 4) is 5.75 Å². The second kappa shape index (κ2) is 8.00. The van der Waals surface area contributed by atoms with E-state index in [-0.39, 0.29) is 17.0 Å². The summed E-state index contributed by atoms with van der Waals surface area (Å²) in [5.74, 6) is -1.58. The summed E-state index contributed by atoms with van der Waals surface area (Å²) in [5, 5.41) is 2.34. The fourth-order valence-electron chi connectivity index (χ4n) is 1.76. The van der Waals surface area contributed by atoms with E-state index in [1.807, 2.05) is 0 Å². The van der Waals surface area contributed by atoms with Crippen LogP contribution in [-0.4, -0.2) is 30.1 Å². The molecule has 0 radical (unpaired) electrons. The number of anilines is 1. The first-order valence-electron chi connectivity index (χ1n) is 6.89. The van der Waals surface area contributed by atoms with Gasteiger partial charge >= 0.3 is 12.6 Å². The van der Waals surface area contributed by atoms with Crippen LogP contribution >= 0.6 is 0 Å². The van der Waals surface area contributed by atoms with Gasteiger partial charge in [0, 0.05) is 11.9 Å². The van der Waals surface area contributed by atoms with Crippen molar-refractivity contribution in [2.45, 2.75) is 13.5 Å². The van der Waals surface area contributed by atoms with E-state index in [0.29, 0.717) is 0 Å². The molecule has 24 heavy (non-hydrogen) atoms. The van der Waals surface area contributed by atoms with Gasteiger partial charge in [0.1, 0.15) is 5.75 Å². The number of carbonyl (C=O) groups excluding carboxylic acids is 2. The smallest absolute Gasteiger partial charge is 0.387 e. The lowest BCUT2D eigenvalue weighted by Gasteiger charge is -2.11. The number of amides is 1. The Kier molecular flexibility index (Phi) is 5.78. The van der Waals surface area contributed by atoms with Gasteiger partial charge in [0.15, 0.2) is 6.61 Å². The predicted octanol–water partition coefficient (Wildman–Crippen LogP) is 2.79. The van der Waals surface area contributed by atoms with Crippen LogP contribution in [0.25, 0.3) is 0 Å². The van der Waals surface area contributed by atoms with Crippen molar-refractivity contribution in [2.24, 2.45) is 0 Å². The van der Waals surface area contributed by atoms with Gasteiger partial charge in [-0.15, -0.1) is 0 Å². The van der Waals surface area contributed by atoms with E-state index in [2.05, 4.69) is 15.0 Å². The Morgan fingerprint density at radius 3 is 2.62 bits per heavy atom. The summed E-state index contributed by atoms with van der Waals surface area (Å²) in [7, 11) is 0. The first-order chi connectivity index (χ1) is 11.5. The van der Waals surface area contributed by atoms with Gasteiger partial charge in [-0.2, -0.15) is 8.78 Å². The molecule has 126 valence electrons. The lowest BCUT2D eigenvalue weighted by molar-refractivity contribution is -0.119. The Morgan fingerprint density at radius 1 is 1.21 bits per heavy atom. The molecule has 0 saturated heterocycles. The predicted molar refractivity (Wildman–Crippen MR) is 81.0 cm³/mol. The van der Waals surface area contributed by atoms with E-state index in [4.69, 9.17) is 4.74 Å². The van der Waals surface area contributed by atoms with Crippen LogP contribution in [0.15, 0.2) is 42.6 Å². The maximum atomic E-state index is 12.3. The third-order valence-corrected chi connectivity index (χ3v) is 2.86. The van der Waals surface area contributed by atoms with Crippen molar-refractivity contribution in [1.29, 1.82) is 0 Å². The molecule has 2 aromatic rings. The van der Waals surface area contributed by atoms with Crippen LogP contribution < -0.4 is 10.1 Å². The molecule has 0 unspecified atom stereocenters. The SMILES string of the molecule is Cc1ccc(C(=O)OCC(=O)Nc2ccccc2OC(F)F)cn1. The quantitative estimate of drug-likeness (QED) is 0.821. The average molecular weight is 336 g/mol. The Hall–Kier alpha value is -3.03. The number of rotatable bonds is 6. The summed E-state index contributed by atoms with van der Waals surface area (Å²) in [6.07, 6.45) is 1.33. The molecule has 1 heterocycles. The van der Waals surface area contributed by atoms with Gasteiger partial charge in [-0.05, 0) is 31.2 Å². The number of aromatic nitrogens is 1. The molecule has 1 aromatic carbocycles. The molecule has 0 atom stereocenters. The molecule has 1 N–H and O–H groups in total. The number of para-hydroxylation sites is 2. The lowest BCUT2D eigenvalue weighted by atomic mass is 10.2. The highest BCUT2D eigenvalue weighted by molar-refractivity contribution is 5.96. The number of halogens is 2. The molecule has 1 aromatic heterocycles. The third-order valence-electron chi connectivity index (χ3n) is 2.86. The fourth-order valence-corrected chi connectivity index (χ4v) is 1.76. The first kappa shape index (κ1) is 17.3. The van der Waals surface area contributed by atoms with Crippen LogP contribution in [0.2, 0.25) is 0 Å². The number of nitrogens with zero attached hydrogens (tertiary/aromatic N) is 1. The maximum absolute atomic E-state index is 12.3. The second-order valence-electron chi connectivity index (χ2n) is 4.69. The number of alkyl halides is 2. The second-order valence-corrected chi connectivity index (χ2v) is 4.69. The summed E-state index contributed by atoms with van der Waals surface area (Å²) in [5.41, 5.74) is 0.991. The monoisotopic (exact) mass is 336 g/mol. The molecular weight excluding hydrogens is 322 g/mol. The minimum absolute atomic E-state index is 0.0517. The minimum Gasteiger partial charge on any atom is -0.452 e. The number of ether oxygens (including phenoxy) is 2. The molecule has 1 amide bonds. The Bertz CT molecular complexity index is 720. The van der Waals surface area contributed by atoms with Crippen LogP contribution in [0.5, 0.6) is 5.75 Å². The zero-order valence-electron chi connectivity index (χ0n) is 12.7. The highest BCUT2D eigenvalue weighted by Gasteiger charge is 2.14. The molecule has 6 nitrogen and oxygen atoms in total. The number of nitrogens with one attached hydrogen (secondary N) is 1. The number of carbonyl (C=O) groups is 2. The number of pyridine rings is 1. The number of esters is 1. The number of aryl methyl sites for hydroxylation is 1. The molecule has 0 spiro atoms. The minimum atomic E-state index is -3.02. The highest BCUT2D eigenvalue weighted by Crippen LogP contribution is 2.25. The van der Waals surface area contributed by atoms with E-state index in [0.717, 1.165) is 5.69 Å². The van der Waals surface area contributed by atoms with Gasteiger partial charge in [0.05, 0.1) is 11.3 Å². The van der Waals surface area contributed by atoms with Crippen LogP contribution in [0.3, 0.4) is 0 Å². The lowest BCUT2D eigenvalue weighted by Crippen LogP contribution is -2.21. The highest BCUT2D eigenvalue weighted by atomic mass is 19.3. The molecule has 0 saturated carbocycles. The normalized spacial score (nSPS) is 10.3. The topological polar surface area (TPSA) is 77.5 Å². The third kappa shape index (κ3) is 5.01. The van der Waals surface area contributed by atoms with Crippen molar-refractivity contribution >= 4 is 17.6 Å². The molecule has 0 aliphatic heterocycles. The molecule has 0 aliphatic rings. The van der Waals surface area contributed by atoms with Crippen LogP contribution in [0.4, 0.5) is 14.5 Å². The molecule has 0 fully saturated rings. The van der Waals surface area contributed by atoms with Crippen molar-refractivity contribution < 1.29 is 27.8 Å². The summed E-state index contributed by atoms with van der Waals surface area (Å²) >= 11 is 0. The van der Waals surface area contributed by atoms with Crippen LogP contribution in [-0.2, 0) is 9.53 Å². The van der Waals surface area contributed by atoms with Crippen LogP contribution in [0.1, 0.15) is 16.1 Å². The molecular formula is C16H14F2N2O4. The average Bonchev–Trinajstić information content (AvgIpc) is 2.54. The van der Waals surface area contributed by atoms with Crippen LogP contribution in [0, 0.1) is 6.92 Å². The Labute approximate surface area is 136 Å². The zero-order valence-corrected chi connectivity index (χ0v) is 12.7. The van der Waals surface area contributed by atoms with Gasteiger partial charge in [0.2, 0.25) is 0 Å². The van der Waals surface area contributed by atoms with Crippen molar-refractivity contribution in [1.82, 2.24) is 4.98 Å². The van der Waals surface area contributed by atoms with Gasteiger partial charge in [-0.25, -0.2) is 4.79 Å². The number of hydrogen-bond acceptors (Lipinski definition) is 5. The molecule has 8 heteroatoms. The first-order valence-corrected chi connectivity index (χ1v) is 6.89. The largest absolute Gasteiger partial charge is 0.452 e. The van der Waals surface area contributed by atoms with E-state index in [1.54, 1.807) is 13.0 Å². The van der Waals surface area contributed by atoms with E-state index >= 15 is 0 Å². The van der Waals surface area contributed by atoms with Gasteiger partial charge in [-0.1, -0.05) is 12.1 Å². The summed E-state index contributed by atoms with van der Waals surface area (Å²) in [6, 6.07) is 8.85. The van der Waals surface area contributed by atoms with Crippen molar-refractivity contribution in [3.63, 3.8) is 0 Å². The van der Waals surface area contributed by atoms with E-state index < -0.39 is 25.1 Å². The summed E-state index contributed by atoms with van der Waals surface area (Å²) in [6.45, 7) is -1.83. The molecule has 0 bridgehead atoms. The zero-order chi connectivity index (χ0) is 17.5. The Balaban J connectivity index is 1.92. The van der Waals surface area contributed by atoms with Crippen molar-refractivity contribution in [2.75, 3.05) is 11.9 Å². The number of benzene rings is 1. The van der Waals surface area contributed by atoms with Gasteiger partial charge in [0.25, 0.3) is 5.91 Å². The molecule has 0 aliphatic carbocycles. The van der Waals surface area contributed by atoms with E-state index in [1.165, 1.54) is 36.5 Å². The number of hydrogen-bond donors (Lipinski definition) is 1. The standard InChI is InChI=1S/C16H14F2N2O4/c1-10-6-7-11(8-19-10)15(22)23-9-14(21)20-12-4-2-3-5-13(12)24-16(17)18/h2-8,16H,9H2,1H3,(H,20,21). The van der Waals surface area contributed by atoms with Crippen molar-refractivity contribution in [3.05, 3.63) is 53.9 Å². The van der Waals surface area contributed by atoms with Gasteiger partial charge < -0.3 is 14.8 Å². The Morgan fingerprint density at radius 2 is 1.96 bits per heavy atom. The molecule has 2 rings (SSSR count). The van der Waals surface area contributed by atoms with Gasteiger partial charge in [-0.3, -0.25) is 9.78 Å². The fraction of sp³-hybridized carbons (Fsp3) is 0.188. The summed E-state index contributed by atoms with van der Waals surface area (Å²) in [4.78, 5) is 27.5.